The van der Waals surface area contributed by atoms with E-state index in [0.29, 0.717) is 11.3 Å². The Morgan fingerprint density at radius 2 is 2.07 bits per heavy atom. The molecule has 3 aliphatic rings. The van der Waals surface area contributed by atoms with Crippen molar-refractivity contribution in [3.05, 3.63) is 0 Å². The first-order valence-electron chi connectivity index (χ1n) is 6.06. The van der Waals surface area contributed by atoms with Crippen LogP contribution in [0.15, 0.2) is 0 Å². The number of hydrogen-bond acceptors (Lipinski definition) is 2. The van der Waals surface area contributed by atoms with Gasteiger partial charge in [-0.2, -0.15) is 0 Å². The van der Waals surface area contributed by atoms with Gasteiger partial charge in [0.2, 0.25) is 0 Å². The van der Waals surface area contributed by atoms with E-state index in [1.165, 1.54) is 6.42 Å². The minimum absolute atomic E-state index is 0.142. The SMILES string of the molecule is CC(C)OC1(C=O)CCC2CC1C2(C)C. The number of hydrogen-bond donors (Lipinski definition) is 0. The first-order chi connectivity index (χ1) is 6.92. The summed E-state index contributed by atoms with van der Waals surface area (Å²) in [5, 5.41) is 0. The molecular formula is C13H22O2. The van der Waals surface area contributed by atoms with E-state index >= 15 is 0 Å². The lowest BCUT2D eigenvalue weighted by molar-refractivity contribution is -0.224. The van der Waals surface area contributed by atoms with Gasteiger partial charge >= 0.3 is 0 Å². The minimum Gasteiger partial charge on any atom is -0.365 e. The smallest absolute Gasteiger partial charge is 0.152 e. The molecule has 2 heteroatoms. The molecule has 0 saturated heterocycles. The largest absolute Gasteiger partial charge is 0.365 e. The molecule has 3 fully saturated rings. The van der Waals surface area contributed by atoms with Gasteiger partial charge in [0, 0.05) is 5.92 Å². The zero-order valence-electron chi connectivity index (χ0n) is 10.2. The van der Waals surface area contributed by atoms with Gasteiger partial charge < -0.3 is 9.53 Å². The van der Waals surface area contributed by atoms with E-state index in [9.17, 15) is 4.79 Å². The van der Waals surface area contributed by atoms with Crippen molar-refractivity contribution < 1.29 is 9.53 Å². The van der Waals surface area contributed by atoms with Gasteiger partial charge in [0.1, 0.15) is 5.60 Å². The lowest BCUT2D eigenvalue weighted by Crippen LogP contribution is -2.63. The number of carbonyl (C=O) groups excluding carboxylic acids is 1. The Morgan fingerprint density at radius 3 is 2.47 bits per heavy atom. The summed E-state index contributed by atoms with van der Waals surface area (Å²) in [5.41, 5.74) is -0.180. The molecule has 2 bridgehead atoms. The molecule has 3 unspecified atom stereocenters. The van der Waals surface area contributed by atoms with Crippen molar-refractivity contribution in [1.29, 1.82) is 0 Å². The highest BCUT2D eigenvalue weighted by Gasteiger charge is 2.62. The standard InChI is InChI=1S/C13H22O2/c1-9(2)15-13(8-14)6-5-10-7-11(13)12(10,3)4/h8-11H,5-7H2,1-4H3. The van der Waals surface area contributed by atoms with Crippen LogP contribution in [0.2, 0.25) is 0 Å². The van der Waals surface area contributed by atoms with Crippen LogP contribution in [0, 0.1) is 17.3 Å². The molecule has 3 saturated carbocycles. The highest BCUT2D eigenvalue weighted by atomic mass is 16.5. The van der Waals surface area contributed by atoms with Crippen molar-refractivity contribution in [2.24, 2.45) is 17.3 Å². The first kappa shape index (κ1) is 11.1. The molecule has 86 valence electrons. The third-order valence-electron chi connectivity index (χ3n) is 4.60. The summed E-state index contributed by atoms with van der Waals surface area (Å²) in [6.45, 7) is 8.60. The van der Waals surface area contributed by atoms with Crippen LogP contribution < -0.4 is 0 Å². The molecule has 3 aliphatic carbocycles. The second kappa shape index (κ2) is 3.31. The molecule has 0 aromatic heterocycles. The lowest BCUT2D eigenvalue weighted by atomic mass is 9.44. The normalized spacial score (nSPS) is 42.5. The van der Waals surface area contributed by atoms with Gasteiger partial charge in [0.25, 0.3) is 0 Å². The fourth-order valence-corrected chi connectivity index (χ4v) is 3.66. The Labute approximate surface area is 92.4 Å². The number of ether oxygens (including phenoxy) is 1. The predicted molar refractivity (Wildman–Crippen MR) is 59.6 cm³/mol. The molecule has 0 amide bonds. The van der Waals surface area contributed by atoms with Crippen LogP contribution in [0.4, 0.5) is 0 Å². The topological polar surface area (TPSA) is 26.3 Å². The third-order valence-corrected chi connectivity index (χ3v) is 4.60. The Kier molecular flexibility index (Phi) is 2.45. The van der Waals surface area contributed by atoms with E-state index in [1.807, 2.05) is 13.8 Å². The van der Waals surface area contributed by atoms with Crippen LogP contribution in [0.5, 0.6) is 0 Å². The molecule has 0 heterocycles. The average molecular weight is 210 g/mol. The van der Waals surface area contributed by atoms with Gasteiger partial charge in [-0.15, -0.1) is 0 Å². The molecular weight excluding hydrogens is 188 g/mol. The maximum Gasteiger partial charge on any atom is 0.152 e. The molecule has 0 aromatic carbocycles. The quantitative estimate of drug-likeness (QED) is 0.669. The van der Waals surface area contributed by atoms with Crippen molar-refractivity contribution in [2.45, 2.75) is 58.7 Å². The Morgan fingerprint density at radius 1 is 1.40 bits per heavy atom. The number of aldehydes is 1. The van der Waals surface area contributed by atoms with E-state index < -0.39 is 5.60 Å². The van der Waals surface area contributed by atoms with Gasteiger partial charge in [-0.3, -0.25) is 0 Å². The van der Waals surface area contributed by atoms with Gasteiger partial charge in [0.05, 0.1) is 6.10 Å². The zero-order chi connectivity index (χ0) is 11.3. The zero-order valence-corrected chi connectivity index (χ0v) is 10.2. The molecule has 0 spiro atoms. The predicted octanol–water partition coefficient (Wildman–Crippen LogP) is 2.81. The van der Waals surface area contributed by atoms with Crippen LogP contribution in [0.3, 0.4) is 0 Å². The molecule has 0 aliphatic heterocycles. The maximum atomic E-state index is 11.4. The number of rotatable bonds is 3. The number of fused-ring (bicyclic) bond motifs is 2. The molecule has 15 heavy (non-hydrogen) atoms. The van der Waals surface area contributed by atoms with Crippen LogP contribution in [-0.4, -0.2) is 18.0 Å². The summed E-state index contributed by atoms with van der Waals surface area (Å²) in [6.07, 6.45) is 4.47. The molecule has 0 aromatic rings. The summed E-state index contributed by atoms with van der Waals surface area (Å²) in [7, 11) is 0. The van der Waals surface area contributed by atoms with E-state index in [1.54, 1.807) is 0 Å². The van der Waals surface area contributed by atoms with Gasteiger partial charge in [-0.05, 0) is 44.4 Å². The van der Waals surface area contributed by atoms with E-state index in [-0.39, 0.29) is 6.10 Å². The van der Waals surface area contributed by atoms with Gasteiger partial charge in [-0.25, -0.2) is 0 Å². The van der Waals surface area contributed by atoms with Crippen molar-refractivity contribution in [2.75, 3.05) is 0 Å². The van der Waals surface area contributed by atoms with Gasteiger partial charge in [-0.1, -0.05) is 13.8 Å². The van der Waals surface area contributed by atoms with Crippen LogP contribution in [-0.2, 0) is 9.53 Å². The third kappa shape index (κ3) is 1.45. The summed E-state index contributed by atoms with van der Waals surface area (Å²) < 4.78 is 5.95. The summed E-state index contributed by atoms with van der Waals surface area (Å²) in [4.78, 5) is 11.4. The molecule has 2 nitrogen and oxygen atoms in total. The van der Waals surface area contributed by atoms with E-state index in [4.69, 9.17) is 4.74 Å². The second-order valence-electron chi connectivity index (χ2n) is 6.08. The lowest BCUT2D eigenvalue weighted by Gasteiger charge is -2.63. The van der Waals surface area contributed by atoms with E-state index in [2.05, 4.69) is 13.8 Å². The fraction of sp³-hybridized carbons (Fsp3) is 0.923. The average Bonchev–Trinajstić information content (AvgIpc) is 2.16. The summed E-state index contributed by atoms with van der Waals surface area (Å²) in [6, 6.07) is 0. The van der Waals surface area contributed by atoms with Crippen molar-refractivity contribution in [1.82, 2.24) is 0 Å². The monoisotopic (exact) mass is 210 g/mol. The second-order valence-corrected chi connectivity index (χ2v) is 6.08. The van der Waals surface area contributed by atoms with E-state index in [0.717, 1.165) is 25.0 Å². The van der Waals surface area contributed by atoms with Crippen LogP contribution >= 0.6 is 0 Å². The number of carbonyl (C=O) groups is 1. The molecule has 0 N–H and O–H groups in total. The molecule has 3 atom stereocenters. The van der Waals surface area contributed by atoms with Crippen molar-refractivity contribution >= 4 is 6.29 Å². The van der Waals surface area contributed by atoms with Crippen LogP contribution in [0.25, 0.3) is 0 Å². The maximum absolute atomic E-state index is 11.4. The van der Waals surface area contributed by atoms with Crippen molar-refractivity contribution in [3.63, 3.8) is 0 Å². The summed E-state index contributed by atoms with van der Waals surface area (Å²) >= 11 is 0. The molecule has 0 radical (unpaired) electrons. The van der Waals surface area contributed by atoms with Gasteiger partial charge in [0.15, 0.2) is 6.29 Å². The highest BCUT2D eigenvalue weighted by Crippen LogP contribution is 2.63. The summed E-state index contributed by atoms with van der Waals surface area (Å²) in [5.74, 6) is 1.25. The Hall–Kier alpha value is -0.370. The minimum atomic E-state index is -0.480. The fourth-order valence-electron chi connectivity index (χ4n) is 3.66. The molecule has 3 rings (SSSR count). The first-order valence-corrected chi connectivity index (χ1v) is 6.06. The Balaban J connectivity index is 2.22. The van der Waals surface area contributed by atoms with Crippen LogP contribution in [0.1, 0.15) is 47.0 Å². The highest BCUT2D eigenvalue weighted by molar-refractivity contribution is 5.64. The Bertz CT molecular complexity index is 268. The van der Waals surface area contributed by atoms with Crippen molar-refractivity contribution in [3.8, 4) is 0 Å².